The van der Waals surface area contributed by atoms with Crippen molar-refractivity contribution >= 4 is 0 Å². The molecule has 2 N–H and O–H groups in total. The van der Waals surface area contributed by atoms with Gasteiger partial charge in [0, 0.05) is 23.9 Å². The lowest BCUT2D eigenvalue weighted by Gasteiger charge is -2.11. The molecule has 21 heavy (non-hydrogen) atoms. The van der Waals surface area contributed by atoms with E-state index in [1.54, 1.807) is 6.07 Å². The SMILES string of the molecule is CCC(N)Cc1cc(F)cc(OCc2cncc(F)c2)c1. The molecule has 1 atom stereocenters. The summed E-state index contributed by atoms with van der Waals surface area (Å²) in [6.07, 6.45) is 4.04. The highest BCUT2D eigenvalue weighted by atomic mass is 19.1. The zero-order valence-corrected chi connectivity index (χ0v) is 11.9. The Morgan fingerprint density at radius 1 is 1.10 bits per heavy atom. The molecular formula is C16H18F2N2O. The highest BCUT2D eigenvalue weighted by Crippen LogP contribution is 2.19. The number of hydrogen-bond acceptors (Lipinski definition) is 3. The van der Waals surface area contributed by atoms with Crippen LogP contribution in [0.2, 0.25) is 0 Å². The molecule has 0 saturated carbocycles. The van der Waals surface area contributed by atoms with Crippen molar-refractivity contribution in [2.45, 2.75) is 32.4 Å². The summed E-state index contributed by atoms with van der Waals surface area (Å²) >= 11 is 0. The smallest absolute Gasteiger partial charge is 0.141 e. The van der Waals surface area contributed by atoms with Gasteiger partial charge in [-0.15, -0.1) is 0 Å². The third-order valence-electron chi connectivity index (χ3n) is 3.12. The fourth-order valence-corrected chi connectivity index (χ4v) is 1.97. The summed E-state index contributed by atoms with van der Waals surface area (Å²) in [6.45, 7) is 2.12. The first-order valence-corrected chi connectivity index (χ1v) is 6.84. The first-order valence-electron chi connectivity index (χ1n) is 6.84. The number of rotatable bonds is 6. The van der Waals surface area contributed by atoms with Gasteiger partial charge in [0.1, 0.15) is 24.0 Å². The second-order valence-corrected chi connectivity index (χ2v) is 4.97. The molecule has 0 amide bonds. The van der Waals surface area contributed by atoms with Gasteiger partial charge in [-0.05, 0) is 36.6 Å². The van der Waals surface area contributed by atoms with Gasteiger partial charge < -0.3 is 10.5 Å². The van der Waals surface area contributed by atoms with Crippen molar-refractivity contribution in [2.75, 3.05) is 0 Å². The predicted octanol–water partition coefficient (Wildman–Crippen LogP) is 3.22. The Labute approximate surface area is 122 Å². The quantitative estimate of drug-likeness (QED) is 0.889. The zero-order valence-electron chi connectivity index (χ0n) is 11.9. The summed E-state index contributed by atoms with van der Waals surface area (Å²) in [4.78, 5) is 3.74. The lowest BCUT2D eigenvalue weighted by atomic mass is 10.0. The van der Waals surface area contributed by atoms with E-state index in [1.165, 1.54) is 24.4 Å². The Bertz CT molecular complexity index is 605. The van der Waals surface area contributed by atoms with Gasteiger partial charge in [0.15, 0.2) is 0 Å². The molecule has 112 valence electrons. The summed E-state index contributed by atoms with van der Waals surface area (Å²) in [6, 6.07) is 5.83. The average Bonchev–Trinajstić information content (AvgIpc) is 2.44. The molecule has 2 aromatic rings. The number of pyridine rings is 1. The summed E-state index contributed by atoms with van der Waals surface area (Å²) < 4.78 is 32.1. The van der Waals surface area contributed by atoms with Crippen LogP contribution in [0.15, 0.2) is 36.7 Å². The molecule has 1 unspecified atom stereocenters. The molecule has 0 radical (unpaired) electrons. The standard InChI is InChI=1S/C16H18F2N2O/c1-2-15(19)5-11-3-13(17)7-16(6-11)21-10-12-4-14(18)9-20-8-12/h3-4,6-9,15H,2,5,10,19H2,1H3. The molecule has 0 aliphatic rings. The van der Waals surface area contributed by atoms with Gasteiger partial charge in [0.05, 0.1) is 6.20 Å². The molecule has 0 aliphatic carbocycles. The monoisotopic (exact) mass is 292 g/mol. The highest BCUT2D eigenvalue weighted by molar-refractivity contribution is 5.30. The van der Waals surface area contributed by atoms with E-state index in [2.05, 4.69) is 4.98 Å². The molecular weight excluding hydrogens is 274 g/mol. The van der Waals surface area contributed by atoms with Crippen LogP contribution in [0.25, 0.3) is 0 Å². The molecule has 1 aromatic heterocycles. The van der Waals surface area contributed by atoms with Crippen LogP contribution in [0.5, 0.6) is 5.75 Å². The van der Waals surface area contributed by atoms with Crippen molar-refractivity contribution in [1.29, 1.82) is 0 Å². The van der Waals surface area contributed by atoms with Gasteiger partial charge >= 0.3 is 0 Å². The first kappa shape index (κ1) is 15.4. The fourth-order valence-electron chi connectivity index (χ4n) is 1.97. The van der Waals surface area contributed by atoms with Crippen LogP contribution in [0.4, 0.5) is 8.78 Å². The molecule has 1 aromatic carbocycles. The maximum atomic E-state index is 13.6. The van der Waals surface area contributed by atoms with Crippen LogP contribution in [-0.4, -0.2) is 11.0 Å². The van der Waals surface area contributed by atoms with Gasteiger partial charge in [-0.1, -0.05) is 6.92 Å². The van der Waals surface area contributed by atoms with Gasteiger partial charge in [-0.25, -0.2) is 8.78 Å². The number of benzene rings is 1. The van der Waals surface area contributed by atoms with Crippen LogP contribution in [0.3, 0.4) is 0 Å². The van der Waals surface area contributed by atoms with Gasteiger partial charge in [-0.3, -0.25) is 4.98 Å². The molecule has 0 saturated heterocycles. The van der Waals surface area contributed by atoms with E-state index in [9.17, 15) is 8.78 Å². The van der Waals surface area contributed by atoms with Gasteiger partial charge in [-0.2, -0.15) is 0 Å². The molecule has 0 aliphatic heterocycles. The molecule has 3 nitrogen and oxygen atoms in total. The fraction of sp³-hybridized carbons (Fsp3) is 0.312. The molecule has 0 fully saturated rings. The number of aromatic nitrogens is 1. The minimum atomic E-state index is -0.426. The van der Waals surface area contributed by atoms with Crippen molar-refractivity contribution in [2.24, 2.45) is 5.73 Å². The lowest BCUT2D eigenvalue weighted by molar-refractivity contribution is 0.303. The topological polar surface area (TPSA) is 48.1 Å². The average molecular weight is 292 g/mol. The van der Waals surface area contributed by atoms with E-state index in [0.717, 1.165) is 18.2 Å². The first-order chi connectivity index (χ1) is 10.1. The lowest BCUT2D eigenvalue weighted by Crippen LogP contribution is -2.21. The third-order valence-corrected chi connectivity index (χ3v) is 3.12. The Morgan fingerprint density at radius 2 is 1.86 bits per heavy atom. The van der Waals surface area contributed by atoms with Gasteiger partial charge in [0.25, 0.3) is 0 Å². The van der Waals surface area contributed by atoms with Crippen LogP contribution in [0, 0.1) is 11.6 Å². The Morgan fingerprint density at radius 3 is 2.57 bits per heavy atom. The van der Waals surface area contributed by atoms with Crippen molar-refractivity contribution in [3.63, 3.8) is 0 Å². The number of hydrogen-bond donors (Lipinski definition) is 1. The molecule has 0 bridgehead atoms. The molecule has 0 spiro atoms. The van der Waals surface area contributed by atoms with Crippen molar-refractivity contribution < 1.29 is 13.5 Å². The van der Waals surface area contributed by atoms with Crippen LogP contribution < -0.4 is 10.5 Å². The second kappa shape index (κ2) is 7.13. The molecule has 1 heterocycles. The Hall–Kier alpha value is -2.01. The summed E-state index contributed by atoms with van der Waals surface area (Å²) in [5, 5.41) is 0. The van der Waals surface area contributed by atoms with Crippen molar-refractivity contribution in [3.8, 4) is 5.75 Å². The third kappa shape index (κ3) is 4.79. The van der Waals surface area contributed by atoms with E-state index >= 15 is 0 Å². The summed E-state index contributed by atoms with van der Waals surface area (Å²) in [5.41, 5.74) is 7.25. The van der Waals surface area contributed by atoms with E-state index in [1.807, 2.05) is 6.92 Å². The number of halogens is 2. The van der Waals surface area contributed by atoms with Gasteiger partial charge in [0.2, 0.25) is 0 Å². The van der Waals surface area contributed by atoms with E-state index < -0.39 is 5.82 Å². The number of nitrogens with two attached hydrogens (primary N) is 1. The largest absolute Gasteiger partial charge is 0.489 e. The van der Waals surface area contributed by atoms with Crippen LogP contribution >= 0.6 is 0 Å². The maximum absolute atomic E-state index is 13.6. The van der Waals surface area contributed by atoms with E-state index in [-0.39, 0.29) is 18.5 Å². The van der Waals surface area contributed by atoms with E-state index in [4.69, 9.17) is 10.5 Å². The Kier molecular flexibility index (Phi) is 5.22. The van der Waals surface area contributed by atoms with Crippen LogP contribution in [0.1, 0.15) is 24.5 Å². The van der Waals surface area contributed by atoms with Crippen LogP contribution in [-0.2, 0) is 13.0 Å². The summed E-state index contributed by atoms with van der Waals surface area (Å²) in [7, 11) is 0. The Balaban J connectivity index is 2.06. The van der Waals surface area contributed by atoms with E-state index in [0.29, 0.717) is 17.7 Å². The maximum Gasteiger partial charge on any atom is 0.141 e. The normalized spacial score (nSPS) is 12.2. The zero-order chi connectivity index (χ0) is 15.2. The second-order valence-electron chi connectivity index (χ2n) is 4.97. The number of nitrogens with zero attached hydrogens (tertiary/aromatic N) is 1. The highest BCUT2D eigenvalue weighted by Gasteiger charge is 2.06. The summed E-state index contributed by atoms with van der Waals surface area (Å²) in [5.74, 6) is -0.398. The minimum absolute atomic E-state index is 0.00734. The molecule has 2 rings (SSSR count). The predicted molar refractivity (Wildman–Crippen MR) is 76.9 cm³/mol. The van der Waals surface area contributed by atoms with Crippen molar-refractivity contribution in [3.05, 3.63) is 59.4 Å². The van der Waals surface area contributed by atoms with Crippen molar-refractivity contribution in [1.82, 2.24) is 4.98 Å². The molecule has 5 heteroatoms. The number of ether oxygens (including phenoxy) is 1. The minimum Gasteiger partial charge on any atom is -0.489 e.